The van der Waals surface area contributed by atoms with Gasteiger partial charge in [-0.1, -0.05) is 37.5 Å². The Bertz CT molecular complexity index is 677. The summed E-state index contributed by atoms with van der Waals surface area (Å²) in [6.45, 7) is 2.48. The molecule has 168 valence electrons. The van der Waals surface area contributed by atoms with Crippen LogP contribution in [0.15, 0.2) is 29.3 Å². The van der Waals surface area contributed by atoms with Gasteiger partial charge in [-0.3, -0.25) is 9.79 Å². The zero-order valence-electron chi connectivity index (χ0n) is 18.1. The van der Waals surface area contributed by atoms with E-state index in [2.05, 4.69) is 27.0 Å². The monoisotopic (exact) mass is 528 g/mol. The van der Waals surface area contributed by atoms with Crippen LogP contribution in [0, 0.1) is 0 Å². The second-order valence-corrected chi connectivity index (χ2v) is 8.11. The SMILES string of the molecule is CN=C(NCCCCCOC1CCCCC1)NCC1CC(=O)Nc2ccccc21.I. The van der Waals surface area contributed by atoms with Crippen molar-refractivity contribution in [2.45, 2.75) is 69.8 Å². The minimum atomic E-state index is 0. The third-order valence-corrected chi connectivity index (χ3v) is 5.87. The van der Waals surface area contributed by atoms with Crippen LogP contribution in [0.5, 0.6) is 0 Å². The summed E-state index contributed by atoms with van der Waals surface area (Å²) in [6.07, 6.45) is 10.9. The molecule has 0 radical (unpaired) electrons. The Labute approximate surface area is 198 Å². The molecule has 30 heavy (non-hydrogen) atoms. The summed E-state index contributed by atoms with van der Waals surface area (Å²) in [4.78, 5) is 16.3. The first-order valence-electron chi connectivity index (χ1n) is 11.2. The summed E-state index contributed by atoms with van der Waals surface area (Å²) in [5, 5.41) is 9.71. The number of halogens is 1. The Morgan fingerprint density at radius 1 is 1.13 bits per heavy atom. The molecule has 1 aromatic rings. The van der Waals surface area contributed by atoms with E-state index in [1.165, 1.54) is 37.7 Å². The number of benzene rings is 1. The fraction of sp³-hybridized carbons (Fsp3) is 0.652. The van der Waals surface area contributed by atoms with E-state index in [9.17, 15) is 4.79 Å². The van der Waals surface area contributed by atoms with Gasteiger partial charge in [-0.25, -0.2) is 0 Å². The minimum absolute atomic E-state index is 0. The molecule has 6 nitrogen and oxygen atoms in total. The van der Waals surface area contributed by atoms with Crippen LogP contribution in [0.1, 0.15) is 69.3 Å². The van der Waals surface area contributed by atoms with Gasteiger partial charge in [0, 0.05) is 44.8 Å². The Morgan fingerprint density at radius 3 is 2.73 bits per heavy atom. The third-order valence-electron chi connectivity index (χ3n) is 5.87. The summed E-state index contributed by atoms with van der Waals surface area (Å²) in [7, 11) is 1.79. The second-order valence-electron chi connectivity index (χ2n) is 8.11. The lowest BCUT2D eigenvalue weighted by Gasteiger charge is -2.26. The number of para-hydroxylation sites is 1. The van der Waals surface area contributed by atoms with Gasteiger partial charge in [0.25, 0.3) is 0 Å². The molecule has 1 fully saturated rings. The standard InChI is InChI=1S/C23H36N4O2.HI/c1-24-23(25-14-8-3-9-15-29-19-10-4-2-5-11-19)26-17-18-16-22(28)27-21-13-7-6-12-20(18)21;/h6-7,12-13,18-19H,2-5,8-11,14-17H2,1H3,(H,27,28)(H2,24,25,26);1H. The summed E-state index contributed by atoms with van der Waals surface area (Å²) in [5.74, 6) is 1.04. The molecule has 0 spiro atoms. The highest BCUT2D eigenvalue weighted by Crippen LogP contribution is 2.31. The highest BCUT2D eigenvalue weighted by atomic mass is 127. The van der Waals surface area contributed by atoms with Crippen LogP contribution in [0.25, 0.3) is 0 Å². The molecule has 3 rings (SSSR count). The van der Waals surface area contributed by atoms with Crippen molar-refractivity contribution in [2.24, 2.45) is 4.99 Å². The summed E-state index contributed by atoms with van der Waals surface area (Å²) >= 11 is 0. The number of hydrogen-bond donors (Lipinski definition) is 3. The summed E-state index contributed by atoms with van der Waals surface area (Å²) in [6, 6.07) is 8.03. The molecule has 0 saturated heterocycles. The van der Waals surface area contributed by atoms with Crippen molar-refractivity contribution in [3.05, 3.63) is 29.8 Å². The molecule has 1 aromatic carbocycles. The van der Waals surface area contributed by atoms with Gasteiger partial charge < -0.3 is 20.7 Å². The number of ether oxygens (including phenoxy) is 1. The largest absolute Gasteiger partial charge is 0.378 e. The van der Waals surface area contributed by atoms with Crippen LogP contribution in [0.2, 0.25) is 0 Å². The normalized spacial score (nSPS) is 19.4. The molecule has 1 amide bonds. The van der Waals surface area contributed by atoms with E-state index >= 15 is 0 Å². The molecule has 2 aliphatic rings. The second kappa shape index (κ2) is 13.9. The molecular weight excluding hydrogens is 491 g/mol. The van der Waals surface area contributed by atoms with E-state index in [0.29, 0.717) is 19.1 Å². The van der Waals surface area contributed by atoms with Crippen LogP contribution in [-0.2, 0) is 9.53 Å². The highest BCUT2D eigenvalue weighted by Gasteiger charge is 2.24. The molecule has 1 aliphatic heterocycles. The molecule has 1 heterocycles. The first-order chi connectivity index (χ1) is 14.3. The molecule has 1 aliphatic carbocycles. The predicted molar refractivity (Wildman–Crippen MR) is 134 cm³/mol. The van der Waals surface area contributed by atoms with Gasteiger partial charge in [0.15, 0.2) is 5.96 Å². The first-order valence-corrected chi connectivity index (χ1v) is 11.2. The maximum absolute atomic E-state index is 12.0. The molecule has 1 atom stereocenters. The maximum Gasteiger partial charge on any atom is 0.225 e. The number of carbonyl (C=O) groups is 1. The fourth-order valence-corrected chi connectivity index (χ4v) is 4.22. The van der Waals surface area contributed by atoms with Gasteiger partial charge in [-0.05, 0) is 43.7 Å². The van der Waals surface area contributed by atoms with Crippen molar-refractivity contribution in [3.63, 3.8) is 0 Å². The van der Waals surface area contributed by atoms with Crippen molar-refractivity contribution in [1.29, 1.82) is 0 Å². The number of carbonyl (C=O) groups excluding carboxylic acids is 1. The Hall–Kier alpha value is -1.35. The topological polar surface area (TPSA) is 74.8 Å². The Kier molecular flexibility index (Phi) is 11.5. The quantitative estimate of drug-likeness (QED) is 0.192. The molecule has 1 saturated carbocycles. The first kappa shape index (κ1) is 24.9. The van der Waals surface area contributed by atoms with Crippen LogP contribution in [0.4, 0.5) is 5.69 Å². The van der Waals surface area contributed by atoms with E-state index in [4.69, 9.17) is 4.74 Å². The van der Waals surface area contributed by atoms with Gasteiger partial charge in [0.2, 0.25) is 5.91 Å². The molecule has 0 aromatic heterocycles. The van der Waals surface area contributed by atoms with E-state index in [-0.39, 0.29) is 35.8 Å². The lowest BCUT2D eigenvalue weighted by molar-refractivity contribution is -0.116. The zero-order chi connectivity index (χ0) is 20.3. The minimum Gasteiger partial charge on any atom is -0.378 e. The van der Waals surface area contributed by atoms with Gasteiger partial charge in [0.1, 0.15) is 0 Å². The van der Waals surface area contributed by atoms with Crippen molar-refractivity contribution in [2.75, 3.05) is 32.1 Å². The van der Waals surface area contributed by atoms with Gasteiger partial charge in [-0.15, -0.1) is 24.0 Å². The highest BCUT2D eigenvalue weighted by molar-refractivity contribution is 14.0. The maximum atomic E-state index is 12.0. The van der Waals surface area contributed by atoms with E-state index in [1.807, 2.05) is 18.2 Å². The number of fused-ring (bicyclic) bond motifs is 1. The van der Waals surface area contributed by atoms with Crippen molar-refractivity contribution in [1.82, 2.24) is 10.6 Å². The number of hydrogen-bond acceptors (Lipinski definition) is 3. The average Bonchev–Trinajstić information content (AvgIpc) is 2.75. The lowest BCUT2D eigenvalue weighted by atomic mass is 9.90. The number of amides is 1. The van der Waals surface area contributed by atoms with Crippen LogP contribution in [-0.4, -0.2) is 44.7 Å². The fourth-order valence-electron chi connectivity index (χ4n) is 4.22. The average molecular weight is 528 g/mol. The third kappa shape index (κ3) is 8.06. The smallest absolute Gasteiger partial charge is 0.225 e. The summed E-state index contributed by atoms with van der Waals surface area (Å²) in [5.41, 5.74) is 2.11. The van der Waals surface area contributed by atoms with E-state index in [1.54, 1.807) is 7.05 Å². The molecular formula is C23H37IN4O2. The Morgan fingerprint density at radius 2 is 1.93 bits per heavy atom. The number of nitrogens with zero attached hydrogens (tertiary/aromatic N) is 1. The molecule has 0 bridgehead atoms. The number of guanidine groups is 1. The summed E-state index contributed by atoms with van der Waals surface area (Å²) < 4.78 is 5.99. The molecule has 7 heteroatoms. The number of rotatable bonds is 9. The van der Waals surface area contributed by atoms with E-state index < -0.39 is 0 Å². The van der Waals surface area contributed by atoms with Crippen LogP contribution >= 0.6 is 24.0 Å². The number of anilines is 1. The van der Waals surface area contributed by atoms with Crippen molar-refractivity contribution < 1.29 is 9.53 Å². The van der Waals surface area contributed by atoms with Crippen molar-refractivity contribution >= 4 is 41.5 Å². The van der Waals surface area contributed by atoms with Gasteiger partial charge in [-0.2, -0.15) is 0 Å². The number of unbranched alkanes of at least 4 members (excludes halogenated alkanes) is 2. The lowest BCUT2D eigenvalue weighted by Crippen LogP contribution is -2.41. The van der Waals surface area contributed by atoms with Crippen molar-refractivity contribution in [3.8, 4) is 0 Å². The number of aliphatic imine (C=N–C) groups is 1. The molecule has 1 unspecified atom stereocenters. The Balaban J connectivity index is 0.00000320. The van der Waals surface area contributed by atoms with E-state index in [0.717, 1.165) is 44.1 Å². The molecule has 3 N–H and O–H groups in total. The van der Waals surface area contributed by atoms with Gasteiger partial charge in [0.05, 0.1) is 6.10 Å². The van der Waals surface area contributed by atoms with Crippen LogP contribution < -0.4 is 16.0 Å². The van der Waals surface area contributed by atoms with Gasteiger partial charge >= 0.3 is 0 Å². The number of nitrogens with one attached hydrogen (secondary N) is 3. The zero-order valence-corrected chi connectivity index (χ0v) is 20.5. The van der Waals surface area contributed by atoms with Crippen LogP contribution in [0.3, 0.4) is 0 Å². The predicted octanol–water partition coefficient (Wildman–Crippen LogP) is 4.42.